The Bertz CT molecular complexity index is 829. The summed E-state index contributed by atoms with van der Waals surface area (Å²) in [6.07, 6.45) is 3.25. The minimum atomic E-state index is -0.189. The van der Waals surface area contributed by atoms with Crippen LogP contribution in [0.25, 0.3) is 0 Å². The first-order chi connectivity index (χ1) is 12.0. The number of aryl methyl sites for hydroxylation is 1. The first kappa shape index (κ1) is 17.8. The van der Waals surface area contributed by atoms with Crippen molar-refractivity contribution in [2.24, 2.45) is 5.92 Å². The van der Waals surface area contributed by atoms with E-state index in [0.717, 1.165) is 36.2 Å². The average Bonchev–Trinajstić information content (AvgIpc) is 2.91. The van der Waals surface area contributed by atoms with E-state index in [1.165, 1.54) is 6.07 Å². The second-order valence-electron chi connectivity index (χ2n) is 6.65. The Kier molecular flexibility index (Phi) is 5.32. The van der Waals surface area contributed by atoms with E-state index >= 15 is 0 Å². The van der Waals surface area contributed by atoms with Crippen molar-refractivity contribution in [1.29, 1.82) is 0 Å². The van der Waals surface area contributed by atoms with Crippen molar-refractivity contribution >= 4 is 18.1 Å². The zero-order valence-corrected chi connectivity index (χ0v) is 15.3. The number of aromatic nitrogens is 3. The Labute approximate surface area is 151 Å². The second-order valence-corrected chi connectivity index (χ2v) is 7.04. The third-order valence-electron chi connectivity index (χ3n) is 4.84. The number of hydrogen-bond acceptors (Lipinski definition) is 3. The van der Waals surface area contributed by atoms with E-state index in [1.54, 1.807) is 10.6 Å². The second kappa shape index (κ2) is 7.47. The number of rotatable bonds is 5. The maximum absolute atomic E-state index is 14.1. The minimum Gasteiger partial charge on any atom is -0.347 e. The molecule has 1 aromatic carbocycles. The van der Waals surface area contributed by atoms with E-state index in [1.807, 2.05) is 6.07 Å². The fourth-order valence-corrected chi connectivity index (χ4v) is 3.70. The number of aromatic amines is 1. The summed E-state index contributed by atoms with van der Waals surface area (Å²) in [5, 5.41) is 10.0. The molecule has 0 bridgehead atoms. The van der Waals surface area contributed by atoms with Gasteiger partial charge < -0.3 is 5.32 Å². The molecule has 1 amide bonds. The minimum absolute atomic E-state index is 0.124. The Morgan fingerprint density at radius 2 is 2.32 bits per heavy atom. The largest absolute Gasteiger partial charge is 0.347 e. The number of hydrogen-bond donors (Lipinski definition) is 2. The zero-order valence-electron chi connectivity index (χ0n) is 14.5. The number of nitrogens with one attached hydrogen (secondary N) is 2. The molecular formula is C18H23FN4OS. The normalized spacial score (nSPS) is 19.5. The maximum atomic E-state index is 14.1. The summed E-state index contributed by atoms with van der Waals surface area (Å²) in [7, 11) is 0. The molecule has 5 nitrogen and oxygen atoms in total. The first-order valence-corrected chi connectivity index (χ1v) is 9.12. The predicted molar refractivity (Wildman–Crippen MR) is 96.2 cm³/mol. The summed E-state index contributed by atoms with van der Waals surface area (Å²) < 4.78 is 16.2. The molecule has 1 aliphatic rings. The lowest BCUT2D eigenvalue weighted by atomic mass is 9.80. The highest BCUT2D eigenvalue weighted by atomic mass is 32.1. The molecule has 0 spiro atoms. The van der Waals surface area contributed by atoms with Crippen LogP contribution in [0.15, 0.2) is 18.2 Å². The van der Waals surface area contributed by atoms with E-state index in [-0.39, 0.29) is 30.2 Å². The lowest BCUT2D eigenvalue weighted by Gasteiger charge is -2.32. The lowest BCUT2D eigenvalue weighted by Crippen LogP contribution is -2.37. The standard InChI is InChI=1S/C18H23FN4OS/c1-3-5-15-21-22-18(25)23(15)10-16(24)20-17-11(2)8-9-12-13(17)6-4-7-14(12)19/h4,6-7,11,17H,3,5,8-10H2,1-2H3,(H,20,24)(H,22,25)/t11-,17+/m0/s1. The summed E-state index contributed by atoms with van der Waals surface area (Å²) in [4.78, 5) is 12.6. The molecule has 1 aliphatic carbocycles. The Morgan fingerprint density at radius 3 is 3.08 bits per heavy atom. The number of carbonyl (C=O) groups is 1. The monoisotopic (exact) mass is 362 g/mol. The summed E-state index contributed by atoms with van der Waals surface area (Å²) in [6.45, 7) is 4.26. The van der Waals surface area contributed by atoms with Crippen LogP contribution in [0, 0.1) is 16.5 Å². The number of nitrogens with zero attached hydrogens (tertiary/aromatic N) is 2. The predicted octanol–water partition coefficient (Wildman–Crippen LogP) is 3.47. The topological polar surface area (TPSA) is 62.7 Å². The summed E-state index contributed by atoms with van der Waals surface area (Å²) in [6, 6.07) is 4.92. The van der Waals surface area contributed by atoms with Crippen molar-refractivity contribution in [3.8, 4) is 0 Å². The van der Waals surface area contributed by atoms with E-state index in [9.17, 15) is 9.18 Å². The molecule has 0 unspecified atom stereocenters. The summed E-state index contributed by atoms with van der Waals surface area (Å²) in [5.41, 5.74) is 1.61. The highest BCUT2D eigenvalue weighted by molar-refractivity contribution is 7.71. The van der Waals surface area contributed by atoms with Gasteiger partial charge in [-0.25, -0.2) is 4.39 Å². The van der Waals surface area contributed by atoms with Crippen LogP contribution in [0.1, 0.15) is 49.7 Å². The molecule has 134 valence electrons. The van der Waals surface area contributed by atoms with Crippen LogP contribution in [-0.2, 0) is 24.2 Å². The number of halogens is 1. The number of fused-ring (bicyclic) bond motifs is 1. The molecule has 2 N–H and O–H groups in total. The van der Waals surface area contributed by atoms with Gasteiger partial charge in [-0.3, -0.25) is 14.5 Å². The van der Waals surface area contributed by atoms with Gasteiger partial charge in [0, 0.05) is 6.42 Å². The Hall–Kier alpha value is -2.02. The van der Waals surface area contributed by atoms with Gasteiger partial charge in [-0.15, -0.1) is 0 Å². The molecule has 2 aromatic rings. The molecule has 0 fully saturated rings. The van der Waals surface area contributed by atoms with E-state index in [2.05, 4.69) is 29.4 Å². The number of amides is 1. The van der Waals surface area contributed by atoms with Crippen molar-refractivity contribution in [3.63, 3.8) is 0 Å². The first-order valence-electron chi connectivity index (χ1n) is 8.72. The van der Waals surface area contributed by atoms with Gasteiger partial charge in [0.25, 0.3) is 0 Å². The van der Waals surface area contributed by atoms with Crippen LogP contribution in [0.4, 0.5) is 4.39 Å². The van der Waals surface area contributed by atoms with Crippen molar-refractivity contribution in [1.82, 2.24) is 20.1 Å². The molecule has 0 saturated heterocycles. The van der Waals surface area contributed by atoms with E-state index in [4.69, 9.17) is 12.2 Å². The fourth-order valence-electron chi connectivity index (χ4n) is 3.49. The molecule has 0 aliphatic heterocycles. The molecule has 1 heterocycles. The van der Waals surface area contributed by atoms with Crippen LogP contribution >= 0.6 is 12.2 Å². The van der Waals surface area contributed by atoms with Gasteiger partial charge >= 0.3 is 0 Å². The SMILES string of the molecule is CCCc1n[nH]c(=S)n1CC(=O)N[C@H]1c2cccc(F)c2CC[C@@H]1C. The molecule has 7 heteroatoms. The zero-order chi connectivity index (χ0) is 18.0. The van der Waals surface area contributed by atoms with Gasteiger partial charge in [0.05, 0.1) is 6.04 Å². The van der Waals surface area contributed by atoms with Gasteiger partial charge in [0.1, 0.15) is 18.2 Å². The van der Waals surface area contributed by atoms with Gasteiger partial charge in [0.15, 0.2) is 4.77 Å². The molecule has 0 saturated carbocycles. The maximum Gasteiger partial charge on any atom is 0.240 e. The summed E-state index contributed by atoms with van der Waals surface area (Å²) in [5.74, 6) is 0.714. The Morgan fingerprint density at radius 1 is 1.52 bits per heavy atom. The van der Waals surface area contributed by atoms with Crippen LogP contribution in [0.5, 0.6) is 0 Å². The highest BCUT2D eigenvalue weighted by Gasteiger charge is 2.29. The molecular weight excluding hydrogens is 339 g/mol. The lowest BCUT2D eigenvalue weighted by molar-refractivity contribution is -0.122. The van der Waals surface area contributed by atoms with Crippen LogP contribution in [0.3, 0.4) is 0 Å². The van der Waals surface area contributed by atoms with Crippen LogP contribution < -0.4 is 5.32 Å². The van der Waals surface area contributed by atoms with Crippen molar-refractivity contribution < 1.29 is 9.18 Å². The molecule has 2 atom stereocenters. The van der Waals surface area contributed by atoms with Crippen molar-refractivity contribution in [2.75, 3.05) is 0 Å². The van der Waals surface area contributed by atoms with Crippen molar-refractivity contribution in [3.05, 3.63) is 45.7 Å². The highest BCUT2D eigenvalue weighted by Crippen LogP contribution is 2.35. The molecule has 3 rings (SSSR count). The number of H-pyrrole nitrogens is 1. The van der Waals surface area contributed by atoms with Crippen molar-refractivity contribution in [2.45, 2.75) is 52.1 Å². The van der Waals surface area contributed by atoms with E-state index in [0.29, 0.717) is 11.2 Å². The Balaban J connectivity index is 1.79. The molecule has 0 radical (unpaired) electrons. The van der Waals surface area contributed by atoms with Gasteiger partial charge in [-0.1, -0.05) is 26.0 Å². The average molecular weight is 362 g/mol. The van der Waals surface area contributed by atoms with E-state index < -0.39 is 0 Å². The third kappa shape index (κ3) is 3.66. The third-order valence-corrected chi connectivity index (χ3v) is 5.15. The van der Waals surface area contributed by atoms with Crippen LogP contribution in [-0.4, -0.2) is 20.7 Å². The molecule has 25 heavy (non-hydrogen) atoms. The van der Waals surface area contributed by atoms with Gasteiger partial charge in [-0.05, 0) is 54.6 Å². The smallest absolute Gasteiger partial charge is 0.240 e. The quantitative estimate of drug-likeness (QED) is 0.801. The summed E-state index contributed by atoms with van der Waals surface area (Å²) >= 11 is 5.23. The van der Waals surface area contributed by atoms with Gasteiger partial charge in [0.2, 0.25) is 5.91 Å². The van der Waals surface area contributed by atoms with Gasteiger partial charge in [-0.2, -0.15) is 5.10 Å². The number of benzene rings is 1. The fraction of sp³-hybridized carbons (Fsp3) is 0.500. The van der Waals surface area contributed by atoms with Crippen LogP contribution in [0.2, 0.25) is 0 Å². The number of carbonyl (C=O) groups excluding carboxylic acids is 1. The molecule has 1 aromatic heterocycles.